The number of hydrogen-bond acceptors (Lipinski definition) is 2. The van der Waals surface area contributed by atoms with Crippen LogP contribution >= 0.6 is 7.49 Å². The molecule has 9 rings (SSSR count). The Hall–Kier alpha value is -5.01. The molecule has 0 saturated heterocycles. The molecule has 1 heterocycles. The van der Waals surface area contributed by atoms with Crippen molar-refractivity contribution < 1.29 is 9.63 Å². The van der Waals surface area contributed by atoms with Crippen molar-refractivity contribution >= 4 is 23.7 Å². The lowest BCUT2D eigenvalue weighted by molar-refractivity contribution is 0.435. The zero-order chi connectivity index (χ0) is 31.6. The highest BCUT2D eigenvalue weighted by atomic mass is 31.2. The third-order valence-corrected chi connectivity index (χ3v) is 14.4. The summed E-state index contributed by atoms with van der Waals surface area (Å²) < 4.78 is 6.92. The maximum atomic E-state index is 12.8. The van der Waals surface area contributed by atoms with Crippen molar-refractivity contribution in [2.75, 3.05) is 0 Å². The summed E-state index contributed by atoms with van der Waals surface area (Å²) >= 11 is 0. The minimum Gasteiger partial charge on any atom is -0.456 e. The van der Waals surface area contributed by atoms with Gasteiger partial charge in [-0.25, -0.2) is 4.89 Å². The highest BCUT2D eigenvalue weighted by Gasteiger charge is 2.57. The average molecular weight is 626 g/mol. The van der Waals surface area contributed by atoms with E-state index >= 15 is 0 Å². The maximum absolute atomic E-state index is 12.8. The number of benzene rings is 6. The summed E-state index contributed by atoms with van der Waals surface area (Å²) in [7, 11) is -2.80. The van der Waals surface area contributed by atoms with E-state index in [1.165, 1.54) is 27.8 Å². The molecule has 1 unspecified atom stereocenters. The van der Waals surface area contributed by atoms with Crippen molar-refractivity contribution in [2.45, 2.75) is 23.9 Å². The molecule has 0 fully saturated rings. The SMILES string of the molecule is CC1([P+](O)(c2ccccc2)c2ccccc2)C=CC(c2cccc3c2Oc2ccccc2C32c3ccccc3-c3ccccc32)=CC1. The van der Waals surface area contributed by atoms with Crippen LogP contribution in [0.15, 0.2) is 170 Å². The van der Waals surface area contributed by atoms with E-state index in [4.69, 9.17) is 4.74 Å². The van der Waals surface area contributed by atoms with Crippen LogP contribution in [0.5, 0.6) is 11.5 Å². The van der Waals surface area contributed by atoms with Gasteiger partial charge in [0.25, 0.3) is 0 Å². The molecule has 0 radical (unpaired) electrons. The van der Waals surface area contributed by atoms with Crippen LogP contribution in [0.4, 0.5) is 0 Å². The average Bonchev–Trinajstić information content (AvgIpc) is 3.43. The minimum atomic E-state index is -2.80. The molecule has 1 atom stereocenters. The van der Waals surface area contributed by atoms with Gasteiger partial charge in [0.1, 0.15) is 27.3 Å². The lowest BCUT2D eigenvalue weighted by Crippen LogP contribution is -2.39. The first kappa shape index (κ1) is 28.2. The number of allylic oxidation sites excluding steroid dienone is 4. The first-order chi connectivity index (χ1) is 23.1. The third kappa shape index (κ3) is 3.86. The van der Waals surface area contributed by atoms with Gasteiger partial charge in [-0.2, -0.15) is 0 Å². The van der Waals surface area contributed by atoms with Crippen molar-refractivity contribution in [2.24, 2.45) is 0 Å². The molecular formula is C44H34O2P+. The van der Waals surface area contributed by atoms with E-state index in [0.717, 1.165) is 38.8 Å². The fourth-order valence-corrected chi connectivity index (χ4v) is 11.6. The monoisotopic (exact) mass is 625 g/mol. The Morgan fingerprint density at radius 2 is 1.06 bits per heavy atom. The second kappa shape index (κ2) is 10.5. The Morgan fingerprint density at radius 1 is 0.553 bits per heavy atom. The van der Waals surface area contributed by atoms with Crippen molar-refractivity contribution in [1.29, 1.82) is 0 Å². The van der Waals surface area contributed by atoms with Crippen LogP contribution in [0.3, 0.4) is 0 Å². The predicted molar refractivity (Wildman–Crippen MR) is 195 cm³/mol. The Labute approximate surface area is 276 Å². The molecule has 47 heavy (non-hydrogen) atoms. The fourth-order valence-electron chi connectivity index (χ4n) is 8.29. The van der Waals surface area contributed by atoms with E-state index in [0.29, 0.717) is 6.42 Å². The molecule has 2 nitrogen and oxygen atoms in total. The van der Waals surface area contributed by atoms with E-state index in [-0.39, 0.29) is 0 Å². The van der Waals surface area contributed by atoms with Crippen molar-refractivity contribution in [1.82, 2.24) is 0 Å². The van der Waals surface area contributed by atoms with Crippen LogP contribution in [-0.2, 0) is 5.41 Å². The lowest BCUT2D eigenvalue weighted by atomic mass is 9.65. The zero-order valence-corrected chi connectivity index (χ0v) is 27.1. The quantitative estimate of drug-likeness (QED) is 0.197. The van der Waals surface area contributed by atoms with E-state index in [1.54, 1.807) is 0 Å². The molecule has 1 spiro atoms. The molecule has 226 valence electrons. The third-order valence-electron chi connectivity index (χ3n) is 10.5. The number of ether oxygens (including phenoxy) is 1. The van der Waals surface area contributed by atoms with E-state index < -0.39 is 18.1 Å². The summed E-state index contributed by atoms with van der Waals surface area (Å²) in [6, 6.07) is 53.3. The first-order valence-electron chi connectivity index (χ1n) is 16.3. The zero-order valence-electron chi connectivity index (χ0n) is 26.2. The van der Waals surface area contributed by atoms with Crippen LogP contribution in [0.25, 0.3) is 16.7 Å². The van der Waals surface area contributed by atoms with Gasteiger partial charge in [-0.05, 0) is 71.2 Å². The highest BCUT2D eigenvalue weighted by Crippen LogP contribution is 2.67. The second-order valence-corrected chi connectivity index (χ2v) is 16.3. The molecule has 2 aliphatic carbocycles. The normalized spacial score (nSPS) is 18.4. The Bertz CT molecular complexity index is 2150. The van der Waals surface area contributed by atoms with Crippen molar-refractivity contribution in [3.8, 4) is 22.6 Å². The number of para-hydroxylation sites is 2. The topological polar surface area (TPSA) is 29.5 Å². The van der Waals surface area contributed by atoms with Gasteiger partial charge in [0, 0.05) is 23.1 Å². The summed E-state index contributed by atoms with van der Waals surface area (Å²) in [5, 5.41) is 1.51. The minimum absolute atomic E-state index is 0.480. The van der Waals surface area contributed by atoms with Crippen LogP contribution in [-0.4, -0.2) is 10.0 Å². The standard InChI is InChI=1S/C44H34O2P/c1-43(47(45,32-15-4-2-5-16-32)33-17-6-3-7-18-33)29-27-31(28-30-43)34-21-14-25-40-42(34)46-41-26-13-12-24-39(41)44(40)37-22-10-8-19-35(37)36-20-9-11-23-38(36)44/h2-29,45H,30H2,1H3/q+1. The molecule has 0 bridgehead atoms. The predicted octanol–water partition coefficient (Wildman–Crippen LogP) is 9.83. The van der Waals surface area contributed by atoms with Gasteiger partial charge in [-0.3, -0.25) is 0 Å². The van der Waals surface area contributed by atoms with Crippen molar-refractivity contribution in [3.63, 3.8) is 0 Å². The lowest BCUT2D eigenvalue weighted by Gasteiger charge is -2.40. The smallest absolute Gasteiger partial charge is 0.216 e. The van der Waals surface area contributed by atoms with Gasteiger partial charge in [0.05, 0.1) is 5.41 Å². The largest absolute Gasteiger partial charge is 0.456 e. The Morgan fingerprint density at radius 3 is 1.66 bits per heavy atom. The van der Waals surface area contributed by atoms with Crippen LogP contribution in [0, 0.1) is 0 Å². The van der Waals surface area contributed by atoms with Crippen LogP contribution in [0.1, 0.15) is 41.2 Å². The first-order valence-corrected chi connectivity index (χ1v) is 18.0. The number of fused-ring (bicyclic) bond motifs is 9. The summed E-state index contributed by atoms with van der Waals surface area (Å²) in [5.74, 6) is 1.78. The molecule has 0 aromatic heterocycles. The summed E-state index contributed by atoms with van der Waals surface area (Å²) in [6.45, 7) is 2.21. The van der Waals surface area contributed by atoms with Gasteiger partial charge in [-0.1, -0.05) is 133 Å². The molecule has 3 heteroatoms. The summed E-state index contributed by atoms with van der Waals surface area (Å²) in [4.78, 5) is 12.8. The van der Waals surface area contributed by atoms with Crippen molar-refractivity contribution in [3.05, 3.63) is 198 Å². The molecule has 3 aliphatic rings. The number of rotatable bonds is 4. The Kier molecular flexibility index (Phi) is 6.31. The second-order valence-electron chi connectivity index (χ2n) is 13.0. The van der Waals surface area contributed by atoms with Gasteiger partial charge in [0.15, 0.2) is 0 Å². The molecule has 1 aliphatic heterocycles. The fraction of sp³-hybridized carbons (Fsp3) is 0.0909. The van der Waals surface area contributed by atoms with Gasteiger partial charge in [0.2, 0.25) is 7.49 Å². The summed E-state index contributed by atoms with van der Waals surface area (Å²) in [5.41, 5.74) is 9.14. The highest BCUT2D eigenvalue weighted by molar-refractivity contribution is 7.86. The maximum Gasteiger partial charge on any atom is 0.216 e. The van der Waals surface area contributed by atoms with Gasteiger partial charge in [-0.15, -0.1) is 0 Å². The summed E-state index contributed by atoms with van der Waals surface area (Å²) in [6.07, 6.45) is 7.47. The Balaban J connectivity index is 1.21. The molecular weight excluding hydrogens is 591 g/mol. The van der Waals surface area contributed by atoms with E-state index in [9.17, 15) is 4.89 Å². The molecule has 6 aromatic carbocycles. The number of hydrogen-bond donors (Lipinski definition) is 1. The van der Waals surface area contributed by atoms with Crippen LogP contribution in [0.2, 0.25) is 0 Å². The molecule has 1 N–H and O–H groups in total. The van der Waals surface area contributed by atoms with Crippen LogP contribution < -0.4 is 15.3 Å². The van der Waals surface area contributed by atoms with Gasteiger partial charge >= 0.3 is 0 Å². The van der Waals surface area contributed by atoms with E-state index in [2.05, 4.69) is 140 Å². The molecule has 0 saturated carbocycles. The van der Waals surface area contributed by atoms with E-state index in [1.807, 2.05) is 36.4 Å². The molecule has 0 amide bonds. The molecule has 6 aromatic rings. The van der Waals surface area contributed by atoms with Gasteiger partial charge < -0.3 is 4.74 Å².